The lowest BCUT2D eigenvalue weighted by Gasteiger charge is -2.26. The lowest BCUT2D eigenvalue weighted by atomic mass is 9.98. The van der Waals surface area contributed by atoms with E-state index in [-0.39, 0.29) is 11.4 Å². The number of carbonyl (C=O) groups is 1. The van der Waals surface area contributed by atoms with E-state index >= 15 is 0 Å². The van der Waals surface area contributed by atoms with Gasteiger partial charge in [0.25, 0.3) is 5.91 Å². The molecule has 0 bridgehead atoms. The number of hydrogen-bond donors (Lipinski definition) is 2. The van der Waals surface area contributed by atoms with Gasteiger partial charge < -0.3 is 10.6 Å². The van der Waals surface area contributed by atoms with Crippen molar-refractivity contribution in [2.45, 2.75) is 52.5 Å². The second-order valence-electron chi connectivity index (χ2n) is 5.56. The normalized spacial score (nSPS) is 11.2. The van der Waals surface area contributed by atoms with Gasteiger partial charge in [0.05, 0.1) is 10.6 Å². The third-order valence-electron chi connectivity index (χ3n) is 2.98. The van der Waals surface area contributed by atoms with Crippen molar-refractivity contribution in [3.05, 3.63) is 22.8 Å². The highest BCUT2D eigenvalue weighted by atomic mass is 35.5. The minimum Gasteiger partial charge on any atom is -0.370 e. The first-order chi connectivity index (χ1) is 9.39. The molecule has 0 aliphatic rings. The summed E-state index contributed by atoms with van der Waals surface area (Å²) < 4.78 is 0. The van der Waals surface area contributed by atoms with Gasteiger partial charge in [-0.05, 0) is 32.8 Å². The highest BCUT2D eigenvalue weighted by Crippen LogP contribution is 2.20. The molecule has 0 aromatic carbocycles. The Morgan fingerprint density at radius 1 is 1.35 bits per heavy atom. The number of aromatic nitrogens is 1. The monoisotopic (exact) mass is 297 g/mol. The standard InChI is InChI=1S/C15H24ClN3O/c1-5-7-15(3,4)19-14(20)11-9-13(17-8-6-2)18-10-12(11)16/h9-10H,5-8H2,1-4H3,(H,17,18)(H,19,20). The predicted octanol–water partition coefficient (Wildman–Crippen LogP) is 3.87. The van der Waals surface area contributed by atoms with Crippen molar-refractivity contribution >= 4 is 23.3 Å². The van der Waals surface area contributed by atoms with E-state index in [1.54, 1.807) is 6.07 Å². The van der Waals surface area contributed by atoms with Crippen molar-refractivity contribution in [2.75, 3.05) is 11.9 Å². The van der Waals surface area contributed by atoms with Gasteiger partial charge >= 0.3 is 0 Å². The highest BCUT2D eigenvalue weighted by molar-refractivity contribution is 6.33. The lowest BCUT2D eigenvalue weighted by molar-refractivity contribution is 0.0909. The molecule has 2 N–H and O–H groups in total. The number of halogens is 1. The summed E-state index contributed by atoms with van der Waals surface area (Å²) >= 11 is 6.08. The molecule has 0 spiro atoms. The molecular weight excluding hydrogens is 274 g/mol. The molecule has 0 saturated carbocycles. The molecule has 0 radical (unpaired) electrons. The quantitative estimate of drug-likeness (QED) is 0.803. The summed E-state index contributed by atoms with van der Waals surface area (Å²) in [6.07, 6.45) is 4.44. The number of pyridine rings is 1. The van der Waals surface area contributed by atoms with Crippen molar-refractivity contribution in [2.24, 2.45) is 0 Å². The van der Waals surface area contributed by atoms with Gasteiger partial charge in [-0.3, -0.25) is 4.79 Å². The fraction of sp³-hybridized carbons (Fsp3) is 0.600. The third-order valence-corrected chi connectivity index (χ3v) is 3.28. The smallest absolute Gasteiger partial charge is 0.253 e. The van der Waals surface area contributed by atoms with Crippen molar-refractivity contribution in [3.8, 4) is 0 Å². The van der Waals surface area contributed by atoms with Crippen LogP contribution >= 0.6 is 11.6 Å². The van der Waals surface area contributed by atoms with E-state index in [1.807, 2.05) is 13.8 Å². The second kappa shape index (κ2) is 7.48. The average Bonchev–Trinajstić information content (AvgIpc) is 2.36. The second-order valence-corrected chi connectivity index (χ2v) is 5.97. The first-order valence-electron chi connectivity index (χ1n) is 7.11. The van der Waals surface area contributed by atoms with Crippen molar-refractivity contribution in [1.29, 1.82) is 0 Å². The molecule has 112 valence electrons. The Balaban J connectivity index is 2.86. The Hall–Kier alpha value is -1.29. The van der Waals surface area contributed by atoms with E-state index in [0.29, 0.717) is 16.4 Å². The van der Waals surface area contributed by atoms with E-state index in [2.05, 4.69) is 29.5 Å². The number of nitrogens with zero attached hydrogens (tertiary/aromatic N) is 1. The van der Waals surface area contributed by atoms with Crippen molar-refractivity contribution < 1.29 is 4.79 Å². The maximum Gasteiger partial charge on any atom is 0.253 e. The van der Waals surface area contributed by atoms with Gasteiger partial charge in [-0.1, -0.05) is 31.9 Å². The van der Waals surface area contributed by atoms with Crippen LogP contribution in [0.1, 0.15) is 57.3 Å². The van der Waals surface area contributed by atoms with Gasteiger partial charge in [-0.2, -0.15) is 0 Å². The molecule has 1 rings (SSSR count). The molecule has 1 heterocycles. The van der Waals surface area contributed by atoms with Crippen LogP contribution in [-0.2, 0) is 0 Å². The topological polar surface area (TPSA) is 54.0 Å². The van der Waals surface area contributed by atoms with Crippen LogP contribution in [0.5, 0.6) is 0 Å². The zero-order valence-corrected chi connectivity index (χ0v) is 13.5. The largest absolute Gasteiger partial charge is 0.370 e. The van der Waals surface area contributed by atoms with Crippen LogP contribution in [0.25, 0.3) is 0 Å². The highest BCUT2D eigenvalue weighted by Gasteiger charge is 2.21. The minimum absolute atomic E-state index is 0.157. The Morgan fingerprint density at radius 2 is 2.05 bits per heavy atom. The molecule has 0 atom stereocenters. The number of carbonyl (C=O) groups excluding carboxylic acids is 1. The zero-order chi connectivity index (χ0) is 15.2. The van der Waals surface area contributed by atoms with Crippen LogP contribution in [0.4, 0.5) is 5.82 Å². The molecule has 1 aromatic rings. The third kappa shape index (κ3) is 5.00. The Bertz CT molecular complexity index is 460. The van der Waals surface area contributed by atoms with Gasteiger partial charge in [0.15, 0.2) is 0 Å². The average molecular weight is 298 g/mol. The lowest BCUT2D eigenvalue weighted by Crippen LogP contribution is -2.43. The summed E-state index contributed by atoms with van der Waals surface area (Å²) in [5.74, 6) is 0.519. The van der Waals surface area contributed by atoms with Crippen LogP contribution < -0.4 is 10.6 Å². The molecule has 0 fully saturated rings. The number of anilines is 1. The van der Waals surface area contributed by atoms with Crippen LogP contribution in [0.3, 0.4) is 0 Å². The van der Waals surface area contributed by atoms with Gasteiger partial charge in [0.2, 0.25) is 0 Å². The van der Waals surface area contributed by atoms with E-state index < -0.39 is 0 Å². The summed E-state index contributed by atoms with van der Waals surface area (Å²) in [5, 5.41) is 6.55. The van der Waals surface area contributed by atoms with Crippen LogP contribution in [-0.4, -0.2) is 23.0 Å². The summed E-state index contributed by atoms with van der Waals surface area (Å²) in [4.78, 5) is 16.5. The summed E-state index contributed by atoms with van der Waals surface area (Å²) in [6.45, 7) is 9.01. The first-order valence-corrected chi connectivity index (χ1v) is 7.49. The molecule has 1 aromatic heterocycles. The van der Waals surface area contributed by atoms with Crippen LogP contribution in [0, 0.1) is 0 Å². The van der Waals surface area contributed by atoms with E-state index in [4.69, 9.17) is 11.6 Å². The number of rotatable bonds is 7. The maximum atomic E-state index is 12.3. The minimum atomic E-state index is -0.241. The summed E-state index contributed by atoms with van der Waals surface area (Å²) in [6, 6.07) is 1.70. The predicted molar refractivity (Wildman–Crippen MR) is 84.5 cm³/mol. The molecule has 0 unspecified atom stereocenters. The molecular formula is C15H24ClN3O. The van der Waals surface area contributed by atoms with Gasteiger partial charge in [-0.15, -0.1) is 0 Å². The summed E-state index contributed by atoms with van der Waals surface area (Å²) in [5.41, 5.74) is 0.222. The Kier molecular flexibility index (Phi) is 6.27. The molecule has 0 aliphatic heterocycles. The molecule has 0 aliphatic carbocycles. The molecule has 0 saturated heterocycles. The summed E-state index contributed by atoms with van der Waals surface area (Å²) in [7, 11) is 0. The van der Waals surface area contributed by atoms with E-state index in [9.17, 15) is 4.79 Å². The fourth-order valence-corrected chi connectivity index (χ4v) is 2.21. The van der Waals surface area contributed by atoms with E-state index in [0.717, 1.165) is 25.8 Å². The van der Waals surface area contributed by atoms with Gasteiger partial charge in [0, 0.05) is 18.3 Å². The van der Waals surface area contributed by atoms with Gasteiger partial charge in [-0.25, -0.2) is 4.98 Å². The Morgan fingerprint density at radius 3 is 2.65 bits per heavy atom. The number of hydrogen-bond acceptors (Lipinski definition) is 3. The Labute approximate surface area is 126 Å². The number of amides is 1. The zero-order valence-electron chi connectivity index (χ0n) is 12.7. The van der Waals surface area contributed by atoms with Crippen molar-refractivity contribution in [3.63, 3.8) is 0 Å². The molecule has 4 nitrogen and oxygen atoms in total. The van der Waals surface area contributed by atoms with Crippen LogP contribution in [0.15, 0.2) is 12.3 Å². The fourth-order valence-electron chi connectivity index (χ4n) is 2.02. The maximum absolute atomic E-state index is 12.3. The van der Waals surface area contributed by atoms with Crippen LogP contribution in [0.2, 0.25) is 5.02 Å². The van der Waals surface area contributed by atoms with Crippen molar-refractivity contribution in [1.82, 2.24) is 10.3 Å². The number of nitrogens with one attached hydrogen (secondary N) is 2. The first kappa shape index (κ1) is 16.8. The van der Waals surface area contributed by atoms with E-state index in [1.165, 1.54) is 6.20 Å². The molecule has 5 heteroatoms. The SMILES string of the molecule is CCCNc1cc(C(=O)NC(C)(C)CCC)c(Cl)cn1. The van der Waals surface area contributed by atoms with Gasteiger partial charge in [0.1, 0.15) is 5.82 Å². The molecule has 20 heavy (non-hydrogen) atoms. The molecule has 1 amide bonds.